The Balaban J connectivity index is 2.15. The van der Waals surface area contributed by atoms with E-state index in [9.17, 15) is 0 Å². The lowest BCUT2D eigenvalue weighted by molar-refractivity contribution is 0.140. The normalized spacial score (nSPS) is 10.5. The Morgan fingerprint density at radius 3 is 2.94 bits per heavy atom. The van der Waals surface area contributed by atoms with Gasteiger partial charge in [-0.1, -0.05) is 39.7 Å². The van der Waals surface area contributed by atoms with Crippen molar-refractivity contribution in [1.29, 1.82) is 0 Å². The fourth-order valence-corrected chi connectivity index (χ4v) is 2.12. The van der Waals surface area contributed by atoms with Gasteiger partial charge >= 0.3 is 0 Å². The molecule has 1 aromatic carbocycles. The second-order valence-corrected chi connectivity index (χ2v) is 4.89. The molecule has 1 aromatic rings. The summed E-state index contributed by atoms with van der Waals surface area (Å²) in [6.07, 6.45) is 2.76. The smallest absolute Gasteiger partial charge is 0.0591 e. The maximum atomic E-state index is 5.87. The number of halogens is 2. The van der Waals surface area contributed by atoms with Crippen molar-refractivity contribution in [3.05, 3.63) is 45.9 Å². The van der Waals surface area contributed by atoms with Crippen molar-refractivity contribution < 1.29 is 4.74 Å². The van der Waals surface area contributed by atoms with Gasteiger partial charge in [0.05, 0.1) is 13.2 Å². The molecule has 0 bridgehead atoms. The number of rotatable bonds is 8. The minimum absolute atomic E-state index is 0.721. The molecular weight excluding hydrogens is 302 g/mol. The highest BCUT2D eigenvalue weighted by Gasteiger charge is 1.99. The molecule has 0 saturated carbocycles. The van der Waals surface area contributed by atoms with Gasteiger partial charge in [-0.05, 0) is 24.1 Å². The number of benzene rings is 1. The molecule has 0 amide bonds. The first-order chi connectivity index (χ1) is 8.24. The van der Waals surface area contributed by atoms with E-state index in [4.69, 9.17) is 16.3 Å². The van der Waals surface area contributed by atoms with Gasteiger partial charge in [0.2, 0.25) is 0 Å². The van der Waals surface area contributed by atoms with E-state index in [1.165, 1.54) is 5.56 Å². The maximum absolute atomic E-state index is 5.87. The third-order valence-electron chi connectivity index (χ3n) is 2.22. The van der Waals surface area contributed by atoms with Crippen LogP contribution in [0.15, 0.2) is 35.3 Å². The van der Waals surface area contributed by atoms with Crippen LogP contribution in [0.1, 0.15) is 12.0 Å². The molecule has 0 radical (unpaired) electrons. The van der Waals surface area contributed by atoms with Crippen LogP contribution in [0.4, 0.5) is 0 Å². The molecule has 2 nitrogen and oxygen atoms in total. The zero-order chi connectivity index (χ0) is 12.5. The highest BCUT2D eigenvalue weighted by atomic mass is 79.9. The van der Waals surface area contributed by atoms with Crippen LogP contribution in [0, 0.1) is 0 Å². The van der Waals surface area contributed by atoms with Crippen molar-refractivity contribution in [2.24, 2.45) is 0 Å². The van der Waals surface area contributed by atoms with Crippen LogP contribution in [-0.2, 0) is 11.3 Å². The van der Waals surface area contributed by atoms with E-state index < -0.39 is 0 Å². The molecule has 0 aliphatic rings. The molecule has 0 spiro atoms. The predicted molar refractivity (Wildman–Crippen MR) is 76.5 cm³/mol. The second-order valence-electron chi connectivity index (χ2n) is 3.60. The van der Waals surface area contributed by atoms with Crippen LogP contribution in [0.25, 0.3) is 0 Å². The van der Waals surface area contributed by atoms with E-state index >= 15 is 0 Å². The Kier molecular flexibility index (Phi) is 7.53. The summed E-state index contributed by atoms with van der Waals surface area (Å²) < 4.78 is 6.43. The summed E-state index contributed by atoms with van der Waals surface area (Å²) in [4.78, 5) is 0. The monoisotopic (exact) mass is 317 g/mol. The van der Waals surface area contributed by atoms with Gasteiger partial charge in [0.1, 0.15) is 0 Å². The van der Waals surface area contributed by atoms with E-state index in [0.29, 0.717) is 0 Å². The van der Waals surface area contributed by atoms with Crippen molar-refractivity contribution in [2.45, 2.75) is 13.0 Å². The molecule has 94 valence electrons. The van der Waals surface area contributed by atoms with Crippen molar-refractivity contribution in [3.63, 3.8) is 0 Å². The van der Waals surface area contributed by atoms with E-state index in [1.807, 2.05) is 24.3 Å². The Morgan fingerprint density at radius 2 is 2.24 bits per heavy atom. The van der Waals surface area contributed by atoms with Gasteiger partial charge in [-0.2, -0.15) is 0 Å². The van der Waals surface area contributed by atoms with Crippen molar-refractivity contribution in [1.82, 2.24) is 5.32 Å². The molecule has 0 saturated heterocycles. The minimum atomic E-state index is 0.721. The minimum Gasteiger partial charge on any atom is -0.380 e. The fourth-order valence-electron chi connectivity index (χ4n) is 1.30. The predicted octanol–water partition coefficient (Wildman–Crippen LogP) is 3.78. The Hall–Kier alpha value is -0.350. The molecule has 0 atom stereocenters. The third-order valence-corrected chi connectivity index (χ3v) is 3.19. The zero-order valence-corrected chi connectivity index (χ0v) is 12.1. The quantitative estimate of drug-likeness (QED) is 0.582. The summed E-state index contributed by atoms with van der Waals surface area (Å²) >= 11 is 9.35. The Morgan fingerprint density at radius 1 is 1.41 bits per heavy atom. The standard InChI is InChI=1S/C13H17BrClNO/c1-2-3-7-17-8-6-16-10-11-4-5-12(15)9-13(11)14/h2,4-5,9,16H,1,3,6-8,10H2. The summed E-state index contributed by atoms with van der Waals surface area (Å²) in [6, 6.07) is 5.81. The average molecular weight is 319 g/mol. The summed E-state index contributed by atoms with van der Waals surface area (Å²) in [5.74, 6) is 0. The van der Waals surface area contributed by atoms with Gasteiger partial charge in [0, 0.05) is 22.6 Å². The number of nitrogens with one attached hydrogen (secondary N) is 1. The van der Waals surface area contributed by atoms with Gasteiger partial charge in [-0.3, -0.25) is 0 Å². The fraction of sp³-hybridized carbons (Fsp3) is 0.385. The topological polar surface area (TPSA) is 21.3 Å². The molecule has 0 aromatic heterocycles. The van der Waals surface area contributed by atoms with Gasteiger partial charge < -0.3 is 10.1 Å². The van der Waals surface area contributed by atoms with E-state index in [1.54, 1.807) is 0 Å². The lowest BCUT2D eigenvalue weighted by Gasteiger charge is -2.07. The summed E-state index contributed by atoms with van der Waals surface area (Å²) in [6.45, 7) is 6.75. The van der Waals surface area contributed by atoms with Crippen LogP contribution >= 0.6 is 27.5 Å². The molecule has 0 fully saturated rings. The summed E-state index contributed by atoms with van der Waals surface area (Å²) in [7, 11) is 0. The molecule has 0 unspecified atom stereocenters. The highest BCUT2D eigenvalue weighted by molar-refractivity contribution is 9.10. The SMILES string of the molecule is C=CCCOCCNCc1ccc(Cl)cc1Br. The van der Waals surface area contributed by atoms with Gasteiger partial charge in [-0.25, -0.2) is 0 Å². The Labute approximate surface area is 116 Å². The highest BCUT2D eigenvalue weighted by Crippen LogP contribution is 2.21. The van der Waals surface area contributed by atoms with Crippen LogP contribution in [0.3, 0.4) is 0 Å². The van der Waals surface area contributed by atoms with Crippen LogP contribution < -0.4 is 5.32 Å². The molecule has 1 N–H and O–H groups in total. The van der Waals surface area contributed by atoms with Crippen LogP contribution in [0.2, 0.25) is 5.02 Å². The summed E-state index contributed by atoms with van der Waals surface area (Å²) in [5, 5.41) is 4.06. The number of ether oxygens (including phenoxy) is 1. The van der Waals surface area contributed by atoms with Gasteiger partial charge in [0.15, 0.2) is 0 Å². The van der Waals surface area contributed by atoms with Crippen LogP contribution in [-0.4, -0.2) is 19.8 Å². The Bertz CT molecular complexity index is 357. The molecule has 0 aliphatic carbocycles. The van der Waals surface area contributed by atoms with Crippen molar-refractivity contribution in [2.75, 3.05) is 19.8 Å². The van der Waals surface area contributed by atoms with Crippen molar-refractivity contribution in [3.8, 4) is 0 Å². The second kappa shape index (κ2) is 8.70. The van der Waals surface area contributed by atoms with E-state index in [-0.39, 0.29) is 0 Å². The molecule has 0 aliphatic heterocycles. The van der Waals surface area contributed by atoms with Gasteiger partial charge in [0.25, 0.3) is 0 Å². The summed E-state index contributed by atoms with van der Waals surface area (Å²) in [5.41, 5.74) is 1.19. The van der Waals surface area contributed by atoms with Crippen LogP contribution in [0.5, 0.6) is 0 Å². The molecule has 4 heteroatoms. The average Bonchev–Trinajstić information content (AvgIpc) is 2.30. The first kappa shape index (κ1) is 14.7. The molecule has 17 heavy (non-hydrogen) atoms. The number of hydrogen-bond donors (Lipinski definition) is 1. The number of hydrogen-bond acceptors (Lipinski definition) is 2. The maximum Gasteiger partial charge on any atom is 0.0591 e. The van der Waals surface area contributed by atoms with E-state index in [2.05, 4.69) is 27.8 Å². The molecule has 0 heterocycles. The zero-order valence-electron chi connectivity index (χ0n) is 9.72. The lowest BCUT2D eigenvalue weighted by atomic mass is 10.2. The molecular formula is C13H17BrClNO. The lowest BCUT2D eigenvalue weighted by Crippen LogP contribution is -2.19. The van der Waals surface area contributed by atoms with E-state index in [0.717, 1.165) is 42.2 Å². The largest absolute Gasteiger partial charge is 0.380 e. The third kappa shape index (κ3) is 6.22. The first-order valence-electron chi connectivity index (χ1n) is 5.57. The van der Waals surface area contributed by atoms with Gasteiger partial charge in [-0.15, -0.1) is 6.58 Å². The molecule has 1 rings (SSSR count). The van der Waals surface area contributed by atoms with Crippen molar-refractivity contribution >= 4 is 27.5 Å². The first-order valence-corrected chi connectivity index (χ1v) is 6.74.